The summed E-state index contributed by atoms with van der Waals surface area (Å²) in [6, 6.07) is 0. The molecule has 4 saturated carbocycles. The molecule has 0 aromatic carbocycles. The molecule has 47 heavy (non-hydrogen) atoms. The average Bonchev–Trinajstić information content (AvgIpc) is 3.02. The molecule has 5 aliphatic carbocycles. The molecule has 0 radical (unpaired) electrons. The van der Waals surface area contributed by atoms with Crippen LogP contribution in [0, 0.1) is 50.2 Å². The molecule has 0 aromatic heterocycles. The minimum absolute atomic E-state index is 0.00502. The number of hydrogen-bond acceptors (Lipinski definition) is 11. The van der Waals surface area contributed by atoms with E-state index in [1.54, 1.807) is 0 Å². The van der Waals surface area contributed by atoms with Crippen molar-refractivity contribution in [3.05, 3.63) is 11.6 Å². The highest BCUT2D eigenvalue weighted by atomic mass is 16.7. The molecule has 1 heterocycles. The van der Waals surface area contributed by atoms with E-state index in [9.17, 15) is 45.6 Å². The number of ether oxygens (including phenoxy) is 2. The van der Waals surface area contributed by atoms with E-state index in [0.29, 0.717) is 38.5 Å². The predicted octanol–water partition coefficient (Wildman–Crippen LogP) is 1.41. The Morgan fingerprint density at radius 3 is 2.15 bits per heavy atom. The third kappa shape index (κ3) is 4.67. The monoisotopic (exact) mass is 666 g/mol. The van der Waals surface area contributed by atoms with Gasteiger partial charge in [0.05, 0.1) is 36.9 Å². The Balaban J connectivity index is 1.39. The fraction of sp³-hybridized carbons (Fsp3) is 0.917. The maximum Gasteiger partial charge on any atom is 0.315 e. The number of esters is 1. The van der Waals surface area contributed by atoms with Crippen LogP contribution in [0.3, 0.4) is 0 Å². The van der Waals surface area contributed by atoms with Crippen molar-refractivity contribution in [1.29, 1.82) is 0 Å². The van der Waals surface area contributed by atoms with Gasteiger partial charge >= 0.3 is 5.97 Å². The summed E-state index contributed by atoms with van der Waals surface area (Å²) in [6.07, 6.45) is -3.62. The van der Waals surface area contributed by atoms with E-state index >= 15 is 0 Å². The van der Waals surface area contributed by atoms with Crippen LogP contribution in [0.1, 0.15) is 92.9 Å². The zero-order valence-electron chi connectivity index (χ0n) is 28.8. The van der Waals surface area contributed by atoms with E-state index in [0.717, 1.165) is 18.4 Å². The van der Waals surface area contributed by atoms with E-state index < -0.39 is 89.2 Å². The lowest BCUT2D eigenvalue weighted by atomic mass is 9.33. The number of aliphatic hydroxyl groups is 8. The lowest BCUT2D eigenvalue weighted by Crippen LogP contribution is -2.69. The van der Waals surface area contributed by atoms with Crippen molar-refractivity contribution in [2.45, 2.75) is 142 Å². The maximum absolute atomic E-state index is 14.4. The minimum Gasteiger partial charge on any atom is -0.432 e. The van der Waals surface area contributed by atoms with Crippen LogP contribution >= 0.6 is 0 Å². The van der Waals surface area contributed by atoms with Gasteiger partial charge in [-0.2, -0.15) is 0 Å². The standard InChI is InChI=1S/C36H58O11/c1-31(2)11-13-36(30(45)47-29-26(42)25(41)24(40)20(16-37)46-29)14-12-34(5)18(23(36)28(31)44)7-8-22-32(3)15-19(39)27(43)33(4,17-38)21(32)9-10-35(22,34)6/h7,19-29,37-44H,8-17H2,1-6H3/t19-,20-,21+,22-,23-,24-,25+,26-,27+,28+,29+,32+,33+,34-,35-,36+/m1/s1. The third-order valence-electron chi connectivity index (χ3n) is 15.4. The first-order valence-corrected chi connectivity index (χ1v) is 17.7. The summed E-state index contributed by atoms with van der Waals surface area (Å²) in [4.78, 5) is 14.4. The Hall–Kier alpha value is -1.15. The van der Waals surface area contributed by atoms with Crippen molar-refractivity contribution < 1.29 is 55.1 Å². The van der Waals surface area contributed by atoms with Crippen molar-refractivity contribution in [3.8, 4) is 0 Å². The molecular weight excluding hydrogens is 608 g/mol. The summed E-state index contributed by atoms with van der Waals surface area (Å²) < 4.78 is 11.4. The van der Waals surface area contributed by atoms with Crippen molar-refractivity contribution in [2.75, 3.05) is 13.2 Å². The van der Waals surface area contributed by atoms with Gasteiger partial charge < -0.3 is 50.3 Å². The molecule has 0 spiro atoms. The van der Waals surface area contributed by atoms with Gasteiger partial charge in [0.1, 0.15) is 24.4 Å². The second-order valence-electron chi connectivity index (χ2n) is 17.8. The number of allylic oxidation sites excluding steroid dienone is 1. The highest BCUT2D eigenvalue weighted by Gasteiger charge is 2.72. The first kappa shape index (κ1) is 35.7. The van der Waals surface area contributed by atoms with Gasteiger partial charge in [-0.25, -0.2) is 0 Å². The molecule has 11 nitrogen and oxygen atoms in total. The maximum atomic E-state index is 14.4. The summed E-state index contributed by atoms with van der Waals surface area (Å²) in [5.41, 5.74) is -2.46. The van der Waals surface area contributed by atoms with E-state index in [2.05, 4.69) is 26.8 Å². The number of hydrogen-bond donors (Lipinski definition) is 8. The highest BCUT2D eigenvalue weighted by Crippen LogP contribution is 2.75. The van der Waals surface area contributed by atoms with Gasteiger partial charge in [0.15, 0.2) is 0 Å². The molecule has 6 rings (SSSR count). The van der Waals surface area contributed by atoms with Crippen LogP contribution in [0.25, 0.3) is 0 Å². The topological polar surface area (TPSA) is 197 Å². The van der Waals surface area contributed by atoms with Crippen molar-refractivity contribution >= 4 is 5.97 Å². The minimum atomic E-state index is -1.72. The average molecular weight is 667 g/mol. The molecule has 5 fully saturated rings. The molecule has 1 saturated heterocycles. The quantitative estimate of drug-likeness (QED) is 0.160. The Morgan fingerprint density at radius 2 is 1.51 bits per heavy atom. The van der Waals surface area contributed by atoms with Crippen LogP contribution < -0.4 is 0 Å². The van der Waals surface area contributed by atoms with Crippen LogP contribution in [-0.2, 0) is 14.3 Å². The smallest absolute Gasteiger partial charge is 0.315 e. The highest BCUT2D eigenvalue weighted by molar-refractivity contribution is 5.79. The Bertz CT molecular complexity index is 1270. The van der Waals surface area contributed by atoms with E-state index in [1.165, 1.54) is 0 Å². The number of carbonyl (C=O) groups is 1. The van der Waals surface area contributed by atoms with Gasteiger partial charge in [0, 0.05) is 11.3 Å². The first-order chi connectivity index (χ1) is 21.8. The summed E-state index contributed by atoms with van der Waals surface area (Å²) in [7, 11) is 0. The largest absolute Gasteiger partial charge is 0.432 e. The molecule has 0 amide bonds. The van der Waals surface area contributed by atoms with Gasteiger partial charge in [-0.3, -0.25) is 4.79 Å². The summed E-state index contributed by atoms with van der Waals surface area (Å²) in [5.74, 6) is -1.08. The van der Waals surface area contributed by atoms with Crippen molar-refractivity contribution in [3.63, 3.8) is 0 Å². The van der Waals surface area contributed by atoms with Gasteiger partial charge in [-0.1, -0.05) is 53.2 Å². The lowest BCUT2D eigenvalue weighted by molar-refractivity contribution is -0.298. The number of aliphatic hydroxyl groups excluding tert-OH is 8. The van der Waals surface area contributed by atoms with Gasteiger partial charge in [0.2, 0.25) is 6.29 Å². The normalized spacial score (nSPS) is 55.4. The van der Waals surface area contributed by atoms with Crippen molar-refractivity contribution in [2.24, 2.45) is 50.2 Å². The molecule has 16 atom stereocenters. The van der Waals surface area contributed by atoms with Crippen LogP contribution in [-0.4, -0.2) is 109 Å². The summed E-state index contributed by atoms with van der Waals surface area (Å²) in [5, 5.41) is 85.9. The number of fused-ring (bicyclic) bond motifs is 7. The van der Waals surface area contributed by atoms with Gasteiger partial charge in [-0.05, 0) is 84.9 Å². The van der Waals surface area contributed by atoms with Crippen LogP contribution in [0.4, 0.5) is 0 Å². The second kappa shape index (κ2) is 11.4. The van der Waals surface area contributed by atoms with Crippen molar-refractivity contribution in [1.82, 2.24) is 0 Å². The third-order valence-corrected chi connectivity index (χ3v) is 15.4. The predicted molar refractivity (Wildman–Crippen MR) is 169 cm³/mol. The second-order valence-corrected chi connectivity index (χ2v) is 17.8. The van der Waals surface area contributed by atoms with E-state index in [-0.39, 0.29) is 29.3 Å². The van der Waals surface area contributed by atoms with Crippen LogP contribution in [0.15, 0.2) is 11.6 Å². The fourth-order valence-electron chi connectivity index (χ4n) is 12.1. The molecule has 0 bridgehead atoms. The SMILES string of the molecule is CC1(C)CC[C@]2(C(=O)O[C@@H]3O[C@H](CO)[C@@H](O)[C@H](O)[C@H]3O)CC[C@]3(C)C(=CC[C@@H]4[C@@]5(C)C[C@@H](O)[C@H](O)[C@@](C)(CO)[C@H]5CC[C@]43C)[C@@H]2[C@@H]1O. The first-order valence-electron chi connectivity index (χ1n) is 17.7. The van der Waals surface area contributed by atoms with Gasteiger partial charge in [-0.15, -0.1) is 0 Å². The number of rotatable bonds is 4. The Kier molecular flexibility index (Phi) is 8.68. The lowest BCUT2D eigenvalue weighted by Gasteiger charge is -2.71. The molecule has 0 unspecified atom stereocenters. The molecule has 268 valence electrons. The molecule has 6 aliphatic rings. The van der Waals surface area contributed by atoms with E-state index in [4.69, 9.17) is 9.47 Å². The van der Waals surface area contributed by atoms with Crippen LogP contribution in [0.5, 0.6) is 0 Å². The zero-order chi connectivity index (χ0) is 34.7. The van der Waals surface area contributed by atoms with E-state index in [1.807, 2.05) is 20.8 Å². The van der Waals surface area contributed by atoms with Gasteiger partial charge in [0.25, 0.3) is 0 Å². The fourth-order valence-corrected chi connectivity index (χ4v) is 12.1. The molecule has 11 heteroatoms. The Morgan fingerprint density at radius 1 is 0.851 bits per heavy atom. The zero-order valence-corrected chi connectivity index (χ0v) is 28.8. The number of carbonyl (C=O) groups excluding carboxylic acids is 1. The van der Waals surface area contributed by atoms with Crippen LogP contribution in [0.2, 0.25) is 0 Å². The molecule has 0 aromatic rings. The molecule has 8 N–H and O–H groups in total. The molecular formula is C36H58O11. The molecule has 1 aliphatic heterocycles. The summed E-state index contributed by atoms with van der Waals surface area (Å²) in [6.45, 7) is 11.9. The summed E-state index contributed by atoms with van der Waals surface area (Å²) >= 11 is 0. The Labute approximate surface area is 278 Å².